The van der Waals surface area contributed by atoms with Gasteiger partial charge in [0.1, 0.15) is 6.04 Å². The van der Waals surface area contributed by atoms with Gasteiger partial charge in [-0.25, -0.2) is 0 Å². The summed E-state index contributed by atoms with van der Waals surface area (Å²) in [6.07, 6.45) is 0.627. The number of rotatable bonds is 5. The van der Waals surface area contributed by atoms with E-state index in [0.29, 0.717) is 6.42 Å². The van der Waals surface area contributed by atoms with Crippen LogP contribution in [0.25, 0.3) is 0 Å². The van der Waals surface area contributed by atoms with Crippen molar-refractivity contribution in [2.45, 2.75) is 26.3 Å². The molecule has 10 heavy (non-hydrogen) atoms. The number of hydrogen-bond acceptors (Lipinski definition) is 3. The number of carbonyl (C=O) groups is 1. The van der Waals surface area contributed by atoms with Crippen molar-refractivity contribution in [1.29, 1.82) is 0 Å². The highest BCUT2D eigenvalue weighted by Gasteiger charge is 2.12. The zero-order valence-electron chi connectivity index (χ0n) is 6.26. The van der Waals surface area contributed by atoms with E-state index in [1.807, 2.05) is 13.8 Å². The van der Waals surface area contributed by atoms with E-state index < -0.39 is 12.0 Å². The molecule has 0 aliphatic rings. The summed E-state index contributed by atoms with van der Waals surface area (Å²) in [5.74, 6) is 0.118. The number of carboxylic acid groups (broad SMARTS) is 1. The molecule has 0 aliphatic carbocycles. The molecule has 1 atom stereocenters. The van der Waals surface area contributed by atoms with Gasteiger partial charge in [-0.15, -0.1) is 0 Å². The highest BCUT2D eigenvalue weighted by atomic mass is 32.2. The number of aliphatic carboxylic acids is 1. The topological polar surface area (TPSA) is 49.3 Å². The lowest BCUT2D eigenvalue weighted by molar-refractivity contribution is -0.138. The molecular formula is C6H13NO2S. The Bertz CT molecular complexity index is 108. The van der Waals surface area contributed by atoms with Crippen molar-refractivity contribution in [3.63, 3.8) is 0 Å². The Morgan fingerprint density at radius 2 is 2.30 bits per heavy atom. The van der Waals surface area contributed by atoms with Crippen molar-refractivity contribution in [2.24, 2.45) is 0 Å². The Morgan fingerprint density at radius 3 is 2.60 bits per heavy atom. The maximum atomic E-state index is 10.4. The van der Waals surface area contributed by atoms with Gasteiger partial charge in [0.05, 0.1) is 0 Å². The van der Waals surface area contributed by atoms with Gasteiger partial charge < -0.3 is 5.11 Å². The van der Waals surface area contributed by atoms with Crippen LogP contribution in [0, 0.1) is 0 Å². The van der Waals surface area contributed by atoms with Crippen LogP contribution in [0.3, 0.4) is 0 Å². The molecule has 0 bridgehead atoms. The van der Waals surface area contributed by atoms with Crippen LogP contribution in [0.15, 0.2) is 0 Å². The van der Waals surface area contributed by atoms with Crippen LogP contribution in [0.2, 0.25) is 0 Å². The molecule has 0 rings (SSSR count). The predicted molar refractivity (Wildman–Crippen MR) is 43.0 cm³/mol. The van der Waals surface area contributed by atoms with Crippen molar-refractivity contribution < 1.29 is 9.90 Å². The molecule has 60 valence electrons. The monoisotopic (exact) mass is 163 g/mol. The molecule has 0 amide bonds. The van der Waals surface area contributed by atoms with Crippen molar-refractivity contribution in [1.82, 2.24) is 4.72 Å². The van der Waals surface area contributed by atoms with Crippen molar-refractivity contribution in [3.05, 3.63) is 0 Å². The molecule has 2 N–H and O–H groups in total. The summed E-state index contributed by atoms with van der Waals surface area (Å²) >= 11 is 1.44. The summed E-state index contributed by atoms with van der Waals surface area (Å²) in [7, 11) is 0. The summed E-state index contributed by atoms with van der Waals surface area (Å²) in [4.78, 5) is 10.4. The SMILES string of the molecule is CCSNC(CC)C(=O)O. The highest BCUT2D eigenvalue weighted by molar-refractivity contribution is 7.97. The Morgan fingerprint density at radius 1 is 1.70 bits per heavy atom. The van der Waals surface area contributed by atoms with E-state index in [-0.39, 0.29) is 0 Å². The van der Waals surface area contributed by atoms with Gasteiger partial charge in [-0.3, -0.25) is 9.52 Å². The lowest BCUT2D eigenvalue weighted by Crippen LogP contribution is -2.31. The summed E-state index contributed by atoms with van der Waals surface area (Å²) < 4.78 is 2.84. The van der Waals surface area contributed by atoms with Gasteiger partial charge in [0, 0.05) is 5.75 Å². The van der Waals surface area contributed by atoms with E-state index in [2.05, 4.69) is 4.72 Å². The van der Waals surface area contributed by atoms with Gasteiger partial charge in [-0.2, -0.15) is 0 Å². The fraction of sp³-hybridized carbons (Fsp3) is 0.833. The Hall–Kier alpha value is -0.220. The second-order valence-corrected chi connectivity index (χ2v) is 2.95. The largest absolute Gasteiger partial charge is 0.480 e. The Balaban J connectivity index is 3.50. The lowest BCUT2D eigenvalue weighted by Gasteiger charge is -2.09. The molecule has 1 unspecified atom stereocenters. The molecule has 4 heteroatoms. The normalized spacial score (nSPS) is 13.0. The van der Waals surface area contributed by atoms with Crippen molar-refractivity contribution in [2.75, 3.05) is 5.75 Å². The first-order valence-electron chi connectivity index (χ1n) is 3.32. The van der Waals surface area contributed by atoms with E-state index in [1.54, 1.807) is 0 Å². The molecule has 0 aromatic carbocycles. The second-order valence-electron chi connectivity index (χ2n) is 1.85. The molecular weight excluding hydrogens is 150 g/mol. The predicted octanol–water partition coefficient (Wildman–Crippen LogP) is 1.11. The van der Waals surface area contributed by atoms with Gasteiger partial charge in [-0.05, 0) is 6.42 Å². The summed E-state index contributed by atoms with van der Waals surface area (Å²) in [6, 6.07) is -0.398. The van der Waals surface area contributed by atoms with Gasteiger partial charge in [0.15, 0.2) is 0 Å². The number of nitrogens with one attached hydrogen (secondary N) is 1. The van der Waals surface area contributed by atoms with Gasteiger partial charge in [0.25, 0.3) is 0 Å². The first kappa shape index (κ1) is 9.78. The first-order valence-corrected chi connectivity index (χ1v) is 4.31. The highest BCUT2D eigenvalue weighted by Crippen LogP contribution is 1.98. The number of hydrogen-bond donors (Lipinski definition) is 2. The minimum absolute atomic E-state index is 0.398. The molecule has 0 spiro atoms. The molecule has 3 nitrogen and oxygen atoms in total. The molecule has 0 heterocycles. The lowest BCUT2D eigenvalue weighted by atomic mass is 10.2. The zero-order chi connectivity index (χ0) is 7.98. The molecule has 0 saturated heterocycles. The van der Waals surface area contributed by atoms with Crippen LogP contribution >= 0.6 is 11.9 Å². The van der Waals surface area contributed by atoms with Crippen LogP contribution in [0.4, 0.5) is 0 Å². The maximum absolute atomic E-state index is 10.4. The van der Waals surface area contributed by atoms with Crippen LogP contribution in [0.1, 0.15) is 20.3 Å². The molecule has 0 radical (unpaired) electrons. The fourth-order valence-corrected chi connectivity index (χ4v) is 1.13. The van der Waals surface area contributed by atoms with E-state index in [0.717, 1.165) is 5.75 Å². The molecule has 0 aromatic heterocycles. The van der Waals surface area contributed by atoms with Crippen LogP contribution in [-0.4, -0.2) is 22.9 Å². The van der Waals surface area contributed by atoms with E-state index in [4.69, 9.17) is 5.11 Å². The number of carboxylic acids is 1. The van der Waals surface area contributed by atoms with E-state index >= 15 is 0 Å². The van der Waals surface area contributed by atoms with Crippen molar-refractivity contribution in [3.8, 4) is 0 Å². The van der Waals surface area contributed by atoms with Gasteiger partial charge in [-0.1, -0.05) is 25.8 Å². The third kappa shape index (κ3) is 3.74. The Kier molecular flexibility index (Phi) is 5.43. The van der Waals surface area contributed by atoms with Gasteiger partial charge >= 0.3 is 5.97 Å². The van der Waals surface area contributed by atoms with Crippen LogP contribution in [-0.2, 0) is 4.79 Å². The smallest absolute Gasteiger partial charge is 0.321 e. The summed E-state index contributed by atoms with van der Waals surface area (Å²) in [6.45, 7) is 3.83. The third-order valence-electron chi connectivity index (χ3n) is 1.08. The quantitative estimate of drug-likeness (QED) is 0.596. The molecule has 0 aliphatic heterocycles. The Labute approximate surface area is 65.3 Å². The van der Waals surface area contributed by atoms with E-state index in [1.165, 1.54) is 11.9 Å². The average Bonchev–Trinajstić information content (AvgIpc) is 1.89. The third-order valence-corrected chi connectivity index (χ3v) is 1.82. The van der Waals surface area contributed by atoms with E-state index in [9.17, 15) is 4.79 Å². The van der Waals surface area contributed by atoms with Gasteiger partial charge in [0.2, 0.25) is 0 Å². The van der Waals surface area contributed by atoms with Crippen LogP contribution in [0.5, 0.6) is 0 Å². The minimum Gasteiger partial charge on any atom is -0.480 e. The second kappa shape index (κ2) is 5.56. The van der Waals surface area contributed by atoms with Crippen molar-refractivity contribution >= 4 is 17.9 Å². The molecule has 0 fully saturated rings. The summed E-state index contributed by atoms with van der Waals surface area (Å²) in [5, 5.41) is 8.52. The zero-order valence-corrected chi connectivity index (χ0v) is 7.07. The average molecular weight is 163 g/mol. The summed E-state index contributed by atoms with van der Waals surface area (Å²) in [5.41, 5.74) is 0. The standard InChI is InChI=1S/C6H13NO2S/c1-3-5(6(8)9)7-10-4-2/h5,7H,3-4H2,1-2H3,(H,8,9). The maximum Gasteiger partial charge on any atom is 0.321 e. The first-order chi connectivity index (χ1) is 4.72. The molecule has 0 saturated carbocycles. The van der Waals surface area contributed by atoms with Crippen LogP contribution < -0.4 is 4.72 Å². The molecule has 0 aromatic rings. The minimum atomic E-state index is -0.775. The fourth-order valence-electron chi connectivity index (χ4n) is 0.492.